The molecule has 16 heavy (non-hydrogen) atoms. The first-order valence-corrected chi connectivity index (χ1v) is 5.20. The zero-order valence-electron chi connectivity index (χ0n) is 9.32. The minimum absolute atomic E-state index is 0.00514. The van der Waals surface area contributed by atoms with Gasteiger partial charge in [0.2, 0.25) is 5.88 Å². The molecule has 0 bridgehead atoms. The Balaban J connectivity index is 2.71. The molecule has 2 aromatic rings. The maximum absolute atomic E-state index is 11.5. The molecule has 1 aromatic heterocycles. The SMILES string of the molecule is CCNc1ccc2c(O)n(C)c(=O)cc2c1. The zero-order valence-corrected chi connectivity index (χ0v) is 9.32. The van der Waals surface area contributed by atoms with E-state index >= 15 is 0 Å². The van der Waals surface area contributed by atoms with Gasteiger partial charge in [0.25, 0.3) is 5.56 Å². The van der Waals surface area contributed by atoms with Crippen LogP contribution < -0.4 is 10.9 Å². The minimum Gasteiger partial charge on any atom is -0.494 e. The molecule has 2 N–H and O–H groups in total. The van der Waals surface area contributed by atoms with Crippen molar-refractivity contribution >= 4 is 16.5 Å². The molecule has 1 aromatic carbocycles. The van der Waals surface area contributed by atoms with Crippen molar-refractivity contribution in [2.75, 3.05) is 11.9 Å². The Labute approximate surface area is 93.1 Å². The first-order valence-electron chi connectivity index (χ1n) is 5.20. The van der Waals surface area contributed by atoms with Gasteiger partial charge >= 0.3 is 0 Å². The number of benzene rings is 1. The third-order valence-electron chi connectivity index (χ3n) is 2.60. The van der Waals surface area contributed by atoms with Crippen LogP contribution in [0.4, 0.5) is 5.69 Å². The third-order valence-corrected chi connectivity index (χ3v) is 2.60. The van der Waals surface area contributed by atoms with E-state index in [2.05, 4.69) is 5.32 Å². The number of aromatic nitrogens is 1. The van der Waals surface area contributed by atoms with E-state index in [1.165, 1.54) is 10.6 Å². The number of aromatic hydroxyl groups is 1. The van der Waals surface area contributed by atoms with E-state index in [0.717, 1.165) is 17.6 Å². The predicted molar refractivity (Wildman–Crippen MR) is 65.0 cm³/mol. The van der Waals surface area contributed by atoms with Crippen molar-refractivity contribution in [2.45, 2.75) is 6.92 Å². The Bertz CT molecular complexity index is 587. The van der Waals surface area contributed by atoms with Crippen LogP contribution in [0.2, 0.25) is 0 Å². The Hall–Kier alpha value is -1.97. The van der Waals surface area contributed by atoms with E-state index in [4.69, 9.17) is 0 Å². The molecule has 0 spiro atoms. The summed E-state index contributed by atoms with van der Waals surface area (Å²) < 4.78 is 1.23. The van der Waals surface area contributed by atoms with E-state index < -0.39 is 0 Å². The van der Waals surface area contributed by atoms with Crippen molar-refractivity contribution in [2.24, 2.45) is 7.05 Å². The molecule has 0 unspecified atom stereocenters. The molecule has 0 radical (unpaired) electrons. The number of hydrogen-bond donors (Lipinski definition) is 2. The van der Waals surface area contributed by atoms with E-state index in [1.807, 2.05) is 25.1 Å². The quantitative estimate of drug-likeness (QED) is 0.806. The smallest absolute Gasteiger partial charge is 0.253 e. The van der Waals surface area contributed by atoms with Gasteiger partial charge in [0.05, 0.1) is 0 Å². The van der Waals surface area contributed by atoms with Gasteiger partial charge in [-0.15, -0.1) is 0 Å². The van der Waals surface area contributed by atoms with E-state index in [9.17, 15) is 9.90 Å². The molecule has 0 aliphatic rings. The predicted octanol–water partition coefficient (Wildman–Crippen LogP) is 1.68. The van der Waals surface area contributed by atoms with Crippen molar-refractivity contribution in [3.05, 3.63) is 34.6 Å². The van der Waals surface area contributed by atoms with Gasteiger partial charge in [0.1, 0.15) is 0 Å². The van der Waals surface area contributed by atoms with Crippen molar-refractivity contribution in [1.82, 2.24) is 4.57 Å². The summed E-state index contributed by atoms with van der Waals surface area (Å²) in [5.41, 5.74) is 0.737. The van der Waals surface area contributed by atoms with Crippen molar-refractivity contribution < 1.29 is 5.11 Å². The number of hydrogen-bond acceptors (Lipinski definition) is 3. The maximum Gasteiger partial charge on any atom is 0.253 e. The summed E-state index contributed by atoms with van der Waals surface area (Å²) in [4.78, 5) is 11.5. The fourth-order valence-corrected chi connectivity index (χ4v) is 1.71. The Morgan fingerprint density at radius 1 is 1.38 bits per heavy atom. The number of nitrogens with zero attached hydrogens (tertiary/aromatic N) is 1. The number of fused-ring (bicyclic) bond motifs is 1. The second kappa shape index (κ2) is 3.89. The molecule has 84 valence electrons. The highest BCUT2D eigenvalue weighted by Gasteiger charge is 2.05. The molecule has 0 atom stereocenters. The lowest BCUT2D eigenvalue weighted by Crippen LogP contribution is -2.14. The average Bonchev–Trinajstić information content (AvgIpc) is 2.26. The number of anilines is 1. The van der Waals surface area contributed by atoms with Gasteiger partial charge < -0.3 is 10.4 Å². The van der Waals surface area contributed by atoms with Crippen molar-refractivity contribution in [3.63, 3.8) is 0 Å². The molecular weight excluding hydrogens is 204 g/mol. The van der Waals surface area contributed by atoms with Crippen molar-refractivity contribution in [3.8, 4) is 5.88 Å². The lowest BCUT2D eigenvalue weighted by molar-refractivity contribution is 0.430. The summed E-state index contributed by atoms with van der Waals surface area (Å²) in [6.45, 7) is 2.83. The molecular formula is C12H14N2O2. The van der Waals surface area contributed by atoms with Gasteiger partial charge in [-0.2, -0.15) is 0 Å². The van der Waals surface area contributed by atoms with Crippen LogP contribution in [0.1, 0.15) is 6.92 Å². The highest BCUT2D eigenvalue weighted by molar-refractivity contribution is 5.89. The zero-order chi connectivity index (χ0) is 11.7. The summed E-state index contributed by atoms with van der Waals surface area (Å²) in [6, 6.07) is 7.08. The normalized spacial score (nSPS) is 10.6. The number of rotatable bonds is 2. The summed E-state index contributed by atoms with van der Waals surface area (Å²) in [6.07, 6.45) is 0. The van der Waals surface area contributed by atoms with Gasteiger partial charge in [-0.1, -0.05) is 0 Å². The van der Waals surface area contributed by atoms with Crippen LogP contribution in [0.3, 0.4) is 0 Å². The van der Waals surface area contributed by atoms with Crippen LogP contribution in [-0.2, 0) is 7.05 Å². The highest BCUT2D eigenvalue weighted by atomic mass is 16.3. The molecule has 2 rings (SSSR count). The molecule has 4 nitrogen and oxygen atoms in total. The van der Waals surface area contributed by atoms with Gasteiger partial charge in [0.15, 0.2) is 0 Å². The van der Waals surface area contributed by atoms with Gasteiger partial charge in [0, 0.05) is 30.7 Å². The van der Waals surface area contributed by atoms with E-state index in [0.29, 0.717) is 5.39 Å². The van der Waals surface area contributed by atoms with Crippen LogP contribution in [-0.4, -0.2) is 16.2 Å². The standard InChI is InChI=1S/C12H14N2O2/c1-3-13-9-4-5-10-8(6-9)7-11(15)14(2)12(10)16/h4-7,13,16H,3H2,1-2H3. The van der Waals surface area contributed by atoms with Crippen LogP contribution >= 0.6 is 0 Å². The molecule has 0 saturated heterocycles. The fourth-order valence-electron chi connectivity index (χ4n) is 1.71. The first-order chi connectivity index (χ1) is 7.63. The van der Waals surface area contributed by atoms with Gasteiger partial charge in [-0.05, 0) is 30.5 Å². The molecule has 0 saturated carbocycles. The Morgan fingerprint density at radius 2 is 2.12 bits per heavy atom. The van der Waals surface area contributed by atoms with Crippen LogP contribution in [0.15, 0.2) is 29.1 Å². The molecule has 0 aliphatic carbocycles. The summed E-state index contributed by atoms with van der Waals surface area (Å²) in [5, 5.41) is 14.4. The topological polar surface area (TPSA) is 54.3 Å². The van der Waals surface area contributed by atoms with E-state index in [-0.39, 0.29) is 11.4 Å². The average molecular weight is 218 g/mol. The monoisotopic (exact) mass is 218 g/mol. The first kappa shape index (κ1) is 10.5. The highest BCUT2D eigenvalue weighted by Crippen LogP contribution is 2.24. The number of nitrogens with one attached hydrogen (secondary N) is 1. The molecule has 0 amide bonds. The second-order valence-electron chi connectivity index (χ2n) is 3.70. The Kier molecular flexibility index (Phi) is 2.56. The van der Waals surface area contributed by atoms with Gasteiger partial charge in [-0.3, -0.25) is 9.36 Å². The molecule has 0 aliphatic heterocycles. The summed E-state index contributed by atoms with van der Waals surface area (Å²) >= 11 is 0. The fraction of sp³-hybridized carbons (Fsp3) is 0.250. The Morgan fingerprint density at radius 3 is 2.81 bits per heavy atom. The molecule has 0 fully saturated rings. The summed E-state index contributed by atoms with van der Waals surface area (Å²) in [5.74, 6) is 0.00514. The largest absolute Gasteiger partial charge is 0.494 e. The van der Waals surface area contributed by atoms with Crippen molar-refractivity contribution in [1.29, 1.82) is 0 Å². The molecule has 4 heteroatoms. The van der Waals surface area contributed by atoms with Crippen LogP contribution in [0, 0.1) is 0 Å². The van der Waals surface area contributed by atoms with E-state index in [1.54, 1.807) is 7.05 Å². The minimum atomic E-state index is -0.210. The maximum atomic E-state index is 11.5. The van der Waals surface area contributed by atoms with Crippen LogP contribution in [0.5, 0.6) is 5.88 Å². The van der Waals surface area contributed by atoms with Crippen LogP contribution in [0.25, 0.3) is 10.8 Å². The van der Waals surface area contributed by atoms with Gasteiger partial charge in [-0.25, -0.2) is 0 Å². The third kappa shape index (κ3) is 1.62. The molecule has 1 heterocycles. The number of pyridine rings is 1. The lowest BCUT2D eigenvalue weighted by Gasteiger charge is -2.08. The summed E-state index contributed by atoms with van der Waals surface area (Å²) in [7, 11) is 1.55. The lowest BCUT2D eigenvalue weighted by atomic mass is 10.1. The second-order valence-corrected chi connectivity index (χ2v) is 3.70.